The number of thiazole rings is 1. The van der Waals surface area contributed by atoms with E-state index in [4.69, 9.17) is 5.73 Å². The highest BCUT2D eigenvalue weighted by atomic mass is 32.1. The lowest BCUT2D eigenvalue weighted by Gasteiger charge is -2.14. The largest absolute Gasteiger partial charge is 0.393 e. The Kier molecular flexibility index (Phi) is 3.56. The van der Waals surface area contributed by atoms with Gasteiger partial charge in [-0.25, -0.2) is 9.78 Å². The molecule has 0 fully saturated rings. The van der Waals surface area contributed by atoms with Gasteiger partial charge in [-0.3, -0.25) is 9.36 Å². The summed E-state index contributed by atoms with van der Waals surface area (Å²) >= 11 is 1.44. The van der Waals surface area contributed by atoms with Crippen LogP contribution in [0.4, 0.5) is 5.69 Å². The third-order valence-electron chi connectivity index (χ3n) is 2.97. The molecular formula is C13H18N4O2S. The fourth-order valence-electron chi connectivity index (χ4n) is 1.75. The van der Waals surface area contributed by atoms with Gasteiger partial charge >= 0.3 is 5.69 Å². The zero-order valence-electron chi connectivity index (χ0n) is 12.0. The van der Waals surface area contributed by atoms with Crippen LogP contribution >= 0.6 is 11.3 Å². The Morgan fingerprint density at radius 2 is 2.00 bits per heavy atom. The fraction of sp³-hybridized carbons (Fsp3) is 0.462. The molecular weight excluding hydrogens is 276 g/mol. The molecule has 0 aliphatic carbocycles. The normalized spacial score (nSPS) is 11.8. The molecule has 0 aliphatic heterocycles. The molecule has 0 spiro atoms. The van der Waals surface area contributed by atoms with Crippen LogP contribution in [0, 0.1) is 0 Å². The first-order valence-electron chi connectivity index (χ1n) is 6.21. The summed E-state index contributed by atoms with van der Waals surface area (Å²) in [5.41, 5.74) is 5.70. The van der Waals surface area contributed by atoms with Crippen molar-refractivity contribution >= 4 is 17.0 Å². The summed E-state index contributed by atoms with van der Waals surface area (Å²) in [4.78, 5) is 28.4. The number of nitrogens with zero attached hydrogens (tertiary/aromatic N) is 3. The van der Waals surface area contributed by atoms with Crippen LogP contribution in [0.2, 0.25) is 0 Å². The van der Waals surface area contributed by atoms with Gasteiger partial charge in [-0.05, 0) is 0 Å². The highest BCUT2D eigenvalue weighted by Gasteiger charge is 2.18. The van der Waals surface area contributed by atoms with Crippen molar-refractivity contribution < 1.29 is 0 Å². The Labute approximate surface area is 120 Å². The van der Waals surface area contributed by atoms with Gasteiger partial charge < -0.3 is 10.3 Å². The molecule has 2 heterocycles. The number of hydrogen-bond acceptors (Lipinski definition) is 5. The van der Waals surface area contributed by atoms with Crippen LogP contribution in [-0.4, -0.2) is 14.1 Å². The average molecular weight is 294 g/mol. The topological polar surface area (TPSA) is 82.9 Å². The van der Waals surface area contributed by atoms with Gasteiger partial charge in [-0.1, -0.05) is 20.8 Å². The number of rotatable bonds is 2. The van der Waals surface area contributed by atoms with Gasteiger partial charge in [0.25, 0.3) is 5.56 Å². The van der Waals surface area contributed by atoms with Crippen molar-refractivity contribution in [2.45, 2.75) is 32.7 Å². The van der Waals surface area contributed by atoms with E-state index in [-0.39, 0.29) is 17.6 Å². The van der Waals surface area contributed by atoms with Gasteiger partial charge in [0.05, 0.1) is 12.2 Å². The molecule has 0 aromatic carbocycles. The summed E-state index contributed by atoms with van der Waals surface area (Å²) in [7, 11) is 1.57. The van der Waals surface area contributed by atoms with Gasteiger partial charge in [0, 0.05) is 24.0 Å². The van der Waals surface area contributed by atoms with Crippen molar-refractivity contribution in [3.8, 4) is 0 Å². The molecule has 2 aromatic heterocycles. The van der Waals surface area contributed by atoms with Crippen LogP contribution in [0.5, 0.6) is 0 Å². The number of anilines is 1. The Morgan fingerprint density at radius 1 is 1.35 bits per heavy atom. The van der Waals surface area contributed by atoms with Crippen LogP contribution in [0.1, 0.15) is 31.5 Å². The molecule has 0 unspecified atom stereocenters. The maximum absolute atomic E-state index is 12.0. The molecule has 0 aliphatic rings. The molecule has 6 nitrogen and oxygen atoms in total. The Bertz CT molecular complexity index is 715. The number of aromatic nitrogens is 3. The summed E-state index contributed by atoms with van der Waals surface area (Å²) in [5.74, 6) is 0. The lowest BCUT2D eigenvalue weighted by molar-refractivity contribution is 0.567. The number of nitrogen functional groups attached to an aromatic ring is 1. The van der Waals surface area contributed by atoms with Crippen molar-refractivity contribution in [1.82, 2.24) is 14.1 Å². The van der Waals surface area contributed by atoms with Crippen LogP contribution in [0.15, 0.2) is 21.2 Å². The molecule has 108 valence electrons. The molecule has 0 atom stereocenters. The minimum Gasteiger partial charge on any atom is -0.393 e. The second-order valence-electron chi connectivity index (χ2n) is 5.75. The van der Waals surface area contributed by atoms with Crippen LogP contribution in [-0.2, 0) is 19.0 Å². The molecule has 2 N–H and O–H groups in total. The summed E-state index contributed by atoms with van der Waals surface area (Å²) in [5, 5.41) is 2.68. The molecule has 0 saturated heterocycles. The van der Waals surface area contributed by atoms with E-state index in [9.17, 15) is 9.59 Å². The van der Waals surface area contributed by atoms with Gasteiger partial charge in [-0.2, -0.15) is 0 Å². The van der Waals surface area contributed by atoms with Crippen LogP contribution < -0.4 is 17.0 Å². The maximum atomic E-state index is 12.0. The van der Waals surface area contributed by atoms with Crippen molar-refractivity contribution in [3.63, 3.8) is 0 Å². The SMILES string of the molecule is Cn1cc(N)c(=O)n(Cc2nc(C(C)(C)C)cs2)c1=O. The second-order valence-corrected chi connectivity index (χ2v) is 6.69. The van der Waals surface area contributed by atoms with E-state index >= 15 is 0 Å². The fourth-order valence-corrected chi connectivity index (χ4v) is 2.76. The molecule has 0 radical (unpaired) electrons. The predicted octanol–water partition coefficient (Wildman–Crippen LogP) is 0.931. The second kappa shape index (κ2) is 4.90. The molecule has 0 amide bonds. The molecule has 2 rings (SSSR count). The third kappa shape index (κ3) is 2.67. The highest BCUT2D eigenvalue weighted by molar-refractivity contribution is 7.09. The highest BCUT2D eigenvalue weighted by Crippen LogP contribution is 2.23. The number of nitrogens with two attached hydrogens (primary N) is 1. The van der Waals surface area contributed by atoms with Crippen molar-refractivity contribution in [1.29, 1.82) is 0 Å². The van der Waals surface area contributed by atoms with E-state index < -0.39 is 11.2 Å². The summed E-state index contributed by atoms with van der Waals surface area (Å²) in [6.07, 6.45) is 1.34. The Morgan fingerprint density at radius 3 is 2.55 bits per heavy atom. The lowest BCUT2D eigenvalue weighted by Crippen LogP contribution is -2.39. The Balaban J connectivity index is 2.44. The quantitative estimate of drug-likeness (QED) is 0.893. The van der Waals surface area contributed by atoms with E-state index in [1.54, 1.807) is 7.05 Å². The monoisotopic (exact) mass is 294 g/mol. The maximum Gasteiger partial charge on any atom is 0.331 e. The average Bonchev–Trinajstić information content (AvgIpc) is 2.80. The van der Waals surface area contributed by atoms with E-state index in [1.807, 2.05) is 5.38 Å². The van der Waals surface area contributed by atoms with Gasteiger partial charge in [-0.15, -0.1) is 11.3 Å². The van der Waals surface area contributed by atoms with Crippen LogP contribution in [0.25, 0.3) is 0 Å². The first kappa shape index (κ1) is 14.5. The first-order chi connectivity index (χ1) is 9.20. The van der Waals surface area contributed by atoms with Crippen LogP contribution in [0.3, 0.4) is 0 Å². The number of hydrogen-bond donors (Lipinski definition) is 1. The van der Waals surface area contributed by atoms with Gasteiger partial charge in [0.15, 0.2) is 0 Å². The summed E-state index contributed by atoms with van der Waals surface area (Å²) in [6.45, 7) is 6.35. The lowest BCUT2D eigenvalue weighted by atomic mass is 9.93. The van der Waals surface area contributed by atoms with Crippen molar-refractivity contribution in [2.75, 3.05) is 5.73 Å². The standard InChI is InChI=1S/C13H18N4O2S/c1-13(2,3)9-7-20-10(15-9)6-17-11(18)8(14)5-16(4)12(17)19/h5,7H,6,14H2,1-4H3. The molecule has 7 heteroatoms. The first-order valence-corrected chi connectivity index (χ1v) is 7.09. The molecule has 0 bridgehead atoms. The van der Waals surface area contributed by atoms with Gasteiger partial charge in [0.1, 0.15) is 10.7 Å². The van der Waals surface area contributed by atoms with E-state index in [0.29, 0.717) is 0 Å². The summed E-state index contributed by atoms with van der Waals surface area (Å²) < 4.78 is 2.41. The zero-order valence-corrected chi connectivity index (χ0v) is 12.8. The smallest absolute Gasteiger partial charge is 0.331 e. The molecule has 0 saturated carbocycles. The third-order valence-corrected chi connectivity index (χ3v) is 3.80. The molecule has 20 heavy (non-hydrogen) atoms. The van der Waals surface area contributed by atoms with Crippen molar-refractivity contribution in [3.05, 3.63) is 43.1 Å². The summed E-state index contributed by atoms with van der Waals surface area (Å²) in [6, 6.07) is 0. The zero-order chi connectivity index (χ0) is 15.1. The Hall–Kier alpha value is -1.89. The van der Waals surface area contributed by atoms with Gasteiger partial charge in [0.2, 0.25) is 0 Å². The number of aryl methyl sites for hydroxylation is 1. The van der Waals surface area contributed by atoms with Crippen molar-refractivity contribution in [2.24, 2.45) is 7.05 Å². The molecule has 2 aromatic rings. The van der Waals surface area contributed by atoms with E-state index in [1.165, 1.54) is 22.1 Å². The van der Waals surface area contributed by atoms with E-state index in [2.05, 4.69) is 25.8 Å². The minimum atomic E-state index is -0.472. The predicted molar refractivity (Wildman–Crippen MR) is 80.3 cm³/mol. The minimum absolute atomic E-state index is 0.0552. The van der Waals surface area contributed by atoms with E-state index in [0.717, 1.165) is 15.3 Å².